The molecule has 0 heterocycles. The van der Waals surface area contributed by atoms with Gasteiger partial charge in [-0.25, -0.2) is 0 Å². The minimum absolute atomic E-state index is 0.0572. The Balaban J connectivity index is 1.83. The average molecular weight is 1170 g/mol. The number of hydrogen-bond acceptors (Lipinski definition) is 7. The van der Waals surface area contributed by atoms with Crippen LogP contribution in [0.2, 0.25) is 0 Å². The van der Waals surface area contributed by atoms with Gasteiger partial charge >= 0.3 is 5.97 Å². The Morgan fingerprint density at radius 2 is 0.453 bits per heavy atom. The highest BCUT2D eigenvalue weighted by Gasteiger charge is 2.46. The molecule has 0 unspecified atom stereocenters. The quantitative estimate of drug-likeness (QED) is 0.0675. The van der Waals surface area contributed by atoms with Crippen LogP contribution >= 0.6 is 0 Å². The van der Waals surface area contributed by atoms with Crippen LogP contribution in [-0.2, 0) is 84.6 Å². The van der Waals surface area contributed by atoms with E-state index in [2.05, 4.69) is 125 Å². The molecule has 6 aromatic rings. The largest absolute Gasteiger partial charge is 0.507 e. The molecule has 0 aliphatic carbocycles. The number of carbonyl (C=O) groups is 1. The number of hydrogen-bond donors (Lipinski definition) is 7. The Morgan fingerprint density at radius 3 is 0.663 bits per heavy atom. The summed E-state index contributed by atoms with van der Waals surface area (Å²) in [5, 5.41) is 86.5. The molecular formula is C78H108O8. The van der Waals surface area contributed by atoms with Gasteiger partial charge in [0.2, 0.25) is 0 Å². The molecule has 0 saturated carbocycles. The zero-order valence-electron chi connectivity index (χ0n) is 57.8. The number of phenols is 6. The van der Waals surface area contributed by atoms with Crippen molar-refractivity contribution in [2.24, 2.45) is 0 Å². The third-order valence-electron chi connectivity index (χ3n) is 17.4. The first-order valence-corrected chi connectivity index (χ1v) is 31.0. The van der Waals surface area contributed by atoms with Crippen LogP contribution in [0, 0.1) is 0 Å². The van der Waals surface area contributed by atoms with E-state index in [9.17, 15) is 35.7 Å². The number of benzene rings is 6. The maximum Gasteiger partial charge on any atom is 0.318 e. The van der Waals surface area contributed by atoms with Gasteiger partial charge in [-0.1, -0.05) is 260 Å². The predicted octanol–water partition coefficient (Wildman–Crippen LogP) is 19.0. The first-order chi connectivity index (χ1) is 38.6. The lowest BCUT2D eigenvalue weighted by atomic mass is 9.66. The van der Waals surface area contributed by atoms with E-state index in [4.69, 9.17) is 0 Å². The maximum atomic E-state index is 15.7. The first kappa shape index (κ1) is 68.7. The summed E-state index contributed by atoms with van der Waals surface area (Å²) in [4.78, 5) is 15.7. The standard InChI is InChI=1S/C78H108O8/c1-69(2,3)53-38-47(31-48(62(53)79)28-44-32-54(70(4,5)6)65(82)55(33-44)71(7,8)9)43-78(68(85)86,51-39-49(63(80)60(41-51)76(22,23)24)29-45-34-56(72(10,11)12)66(83)57(35-45)73(13,14)15)52-40-50(64(81)61(42-52)77(25,26)27)30-46-36-58(74(16,17)18)67(84)59(37-46)75(19,20)21/h31-42,79-84H,28-30,43H2,1-27H3,(H,85,86). The minimum Gasteiger partial charge on any atom is -0.507 e. The van der Waals surface area contributed by atoms with E-state index in [1.54, 1.807) is 0 Å². The Hall–Kier alpha value is -6.41. The zero-order chi connectivity index (χ0) is 65.7. The normalized spacial score (nSPS) is 13.6. The topological polar surface area (TPSA) is 159 Å². The summed E-state index contributed by atoms with van der Waals surface area (Å²) in [5.74, 6) is -0.195. The summed E-state index contributed by atoms with van der Waals surface area (Å²) in [6, 6.07) is 23.4. The van der Waals surface area contributed by atoms with Gasteiger partial charge in [0.1, 0.15) is 39.9 Å². The Morgan fingerprint density at radius 1 is 0.267 bits per heavy atom. The molecular weight excluding hydrogens is 1060 g/mol. The van der Waals surface area contributed by atoms with E-state index < -0.39 is 60.1 Å². The van der Waals surface area contributed by atoms with E-state index in [0.29, 0.717) is 50.1 Å². The monoisotopic (exact) mass is 1170 g/mol. The van der Waals surface area contributed by atoms with E-state index in [0.717, 1.165) is 50.1 Å². The van der Waals surface area contributed by atoms with Crippen molar-refractivity contribution >= 4 is 5.97 Å². The lowest BCUT2D eigenvalue weighted by Gasteiger charge is -2.36. The molecule has 0 aliphatic rings. The summed E-state index contributed by atoms with van der Waals surface area (Å²) >= 11 is 0. The fourth-order valence-corrected chi connectivity index (χ4v) is 12.3. The molecule has 0 amide bonds. The van der Waals surface area contributed by atoms with Crippen LogP contribution in [0.3, 0.4) is 0 Å². The van der Waals surface area contributed by atoms with Crippen LogP contribution in [0.25, 0.3) is 0 Å². The van der Waals surface area contributed by atoms with Gasteiger partial charge in [-0.05, 0) is 155 Å². The van der Waals surface area contributed by atoms with Gasteiger partial charge in [0, 0.05) is 19.3 Å². The Bertz CT molecular complexity index is 3300. The van der Waals surface area contributed by atoms with Gasteiger partial charge < -0.3 is 35.7 Å². The van der Waals surface area contributed by atoms with Crippen molar-refractivity contribution < 1.29 is 40.5 Å². The van der Waals surface area contributed by atoms with E-state index >= 15 is 4.79 Å². The van der Waals surface area contributed by atoms with Crippen molar-refractivity contribution in [3.8, 4) is 34.5 Å². The van der Waals surface area contributed by atoms with Gasteiger partial charge in [-0.3, -0.25) is 4.79 Å². The summed E-state index contributed by atoms with van der Waals surface area (Å²) in [6.45, 7) is 55.5. The smallest absolute Gasteiger partial charge is 0.318 e. The highest BCUT2D eigenvalue weighted by atomic mass is 16.4. The lowest BCUT2D eigenvalue weighted by Crippen LogP contribution is -2.40. The van der Waals surface area contributed by atoms with Crippen molar-refractivity contribution in [3.05, 3.63) is 173 Å². The van der Waals surface area contributed by atoms with Crippen LogP contribution in [-0.4, -0.2) is 41.7 Å². The fourth-order valence-electron chi connectivity index (χ4n) is 12.3. The summed E-state index contributed by atoms with van der Waals surface area (Å²) in [6.07, 6.45) is 0.593. The fraction of sp³-hybridized carbons (Fsp3) is 0.526. The number of carboxylic acids is 1. The summed E-state index contributed by atoms with van der Waals surface area (Å²) < 4.78 is 0. The molecule has 86 heavy (non-hydrogen) atoms. The minimum atomic E-state index is -1.93. The third kappa shape index (κ3) is 14.3. The molecule has 8 nitrogen and oxygen atoms in total. The molecule has 0 atom stereocenters. The Kier molecular flexibility index (Phi) is 18.1. The van der Waals surface area contributed by atoms with Crippen molar-refractivity contribution in [2.45, 2.75) is 267 Å². The molecule has 0 saturated heterocycles. The highest BCUT2D eigenvalue weighted by molar-refractivity contribution is 5.88. The molecule has 6 aromatic carbocycles. The van der Waals surface area contributed by atoms with Crippen LogP contribution < -0.4 is 0 Å². The van der Waals surface area contributed by atoms with E-state index in [1.807, 2.05) is 135 Å². The Labute approximate surface area is 518 Å². The van der Waals surface area contributed by atoms with Crippen LogP contribution in [0.15, 0.2) is 72.8 Å². The lowest BCUT2D eigenvalue weighted by molar-refractivity contribution is -0.142. The molecule has 0 spiro atoms. The molecule has 0 bridgehead atoms. The molecule has 0 aliphatic heterocycles. The van der Waals surface area contributed by atoms with Gasteiger partial charge in [0.15, 0.2) is 0 Å². The number of carboxylic acid groups (broad SMARTS) is 1. The summed E-state index contributed by atoms with van der Waals surface area (Å²) in [5.41, 5.74) is 5.64. The summed E-state index contributed by atoms with van der Waals surface area (Å²) in [7, 11) is 0. The SMILES string of the molecule is CC(C)(C)c1cc(CC(C(=O)O)(c2cc(Cc3cc(C(C)(C)C)c(O)c(C(C)(C)C)c3)c(O)c(C(C)(C)C)c2)c2cc(Cc3cc(C(C)(C)C)c(O)c(C(C)(C)C)c3)c(O)c(C(C)(C)C)c2)cc(Cc2cc(C(C)(C)C)c(O)c(C(C)(C)C)c2)c1O. The van der Waals surface area contributed by atoms with Crippen molar-refractivity contribution in [2.75, 3.05) is 0 Å². The highest BCUT2D eigenvalue weighted by Crippen LogP contribution is 2.50. The molecule has 0 fully saturated rings. The van der Waals surface area contributed by atoms with E-state index in [-0.39, 0.29) is 60.2 Å². The van der Waals surface area contributed by atoms with Gasteiger partial charge in [-0.2, -0.15) is 0 Å². The average Bonchev–Trinajstić information content (AvgIpc) is 0.759. The molecule has 7 N–H and O–H groups in total. The second-order valence-corrected chi connectivity index (χ2v) is 34.5. The van der Waals surface area contributed by atoms with Gasteiger partial charge in [-0.15, -0.1) is 0 Å². The van der Waals surface area contributed by atoms with Crippen molar-refractivity contribution in [1.82, 2.24) is 0 Å². The number of aliphatic carboxylic acids is 1. The molecule has 468 valence electrons. The third-order valence-corrected chi connectivity index (χ3v) is 17.4. The van der Waals surface area contributed by atoms with Crippen molar-refractivity contribution in [1.29, 1.82) is 0 Å². The van der Waals surface area contributed by atoms with Crippen LogP contribution in [0.1, 0.15) is 287 Å². The maximum absolute atomic E-state index is 15.7. The van der Waals surface area contributed by atoms with Gasteiger partial charge in [0.25, 0.3) is 0 Å². The number of rotatable bonds is 11. The second-order valence-electron chi connectivity index (χ2n) is 34.5. The molecule has 0 radical (unpaired) electrons. The van der Waals surface area contributed by atoms with Crippen molar-refractivity contribution in [3.63, 3.8) is 0 Å². The zero-order valence-corrected chi connectivity index (χ0v) is 57.8. The number of phenolic OH excluding ortho intramolecular Hbond substituents is 6. The second kappa shape index (κ2) is 22.6. The van der Waals surface area contributed by atoms with Crippen LogP contribution in [0.4, 0.5) is 0 Å². The number of aromatic hydroxyl groups is 6. The van der Waals surface area contributed by atoms with Crippen LogP contribution in [0.5, 0.6) is 34.5 Å². The molecule has 6 rings (SSSR count). The van der Waals surface area contributed by atoms with Gasteiger partial charge in [0.05, 0.1) is 0 Å². The van der Waals surface area contributed by atoms with E-state index in [1.165, 1.54) is 0 Å². The molecule has 0 aromatic heterocycles. The first-order valence-electron chi connectivity index (χ1n) is 31.0. The predicted molar refractivity (Wildman–Crippen MR) is 357 cm³/mol. The molecule has 8 heteroatoms.